The van der Waals surface area contributed by atoms with Crippen LogP contribution in [0.1, 0.15) is 21.8 Å². The van der Waals surface area contributed by atoms with Crippen LogP contribution in [-0.4, -0.2) is 32.2 Å². The molecule has 1 N–H and O–H groups in total. The van der Waals surface area contributed by atoms with Gasteiger partial charge in [-0.05, 0) is 25.1 Å². The van der Waals surface area contributed by atoms with E-state index in [0.717, 1.165) is 5.69 Å². The zero-order valence-corrected chi connectivity index (χ0v) is 19.0. The van der Waals surface area contributed by atoms with E-state index < -0.39 is 0 Å². The lowest BCUT2D eigenvalue weighted by Crippen LogP contribution is -2.26. The third-order valence-corrected chi connectivity index (χ3v) is 6.34. The average molecular weight is 482 g/mol. The molecule has 0 fully saturated rings. The lowest BCUT2D eigenvalue weighted by Gasteiger charge is -2.06. The predicted octanol–water partition coefficient (Wildman–Crippen LogP) is 5.19. The fraction of sp³-hybridized carbons (Fsp3) is 0.130. The van der Waals surface area contributed by atoms with Gasteiger partial charge >= 0.3 is 0 Å². The summed E-state index contributed by atoms with van der Waals surface area (Å²) in [6, 6.07) is 13.5. The molecule has 5 rings (SSSR count). The molecule has 0 unspecified atom stereocenters. The Morgan fingerprint density at radius 3 is 2.73 bits per heavy atom. The van der Waals surface area contributed by atoms with Crippen molar-refractivity contribution in [3.63, 3.8) is 0 Å². The van der Waals surface area contributed by atoms with Crippen molar-refractivity contribution in [2.45, 2.75) is 13.3 Å². The summed E-state index contributed by atoms with van der Waals surface area (Å²) in [4.78, 5) is 18.0. The minimum atomic E-state index is -0.372. The molecule has 3 aromatic heterocycles. The smallest absolute Gasteiger partial charge is 0.257 e. The number of thiazole rings is 1. The largest absolute Gasteiger partial charge is 0.360 e. The summed E-state index contributed by atoms with van der Waals surface area (Å²) >= 11 is 7.69. The van der Waals surface area contributed by atoms with Gasteiger partial charge in [0.2, 0.25) is 4.96 Å². The van der Waals surface area contributed by atoms with Crippen molar-refractivity contribution in [1.82, 2.24) is 25.1 Å². The minimum absolute atomic E-state index is 0.305. The number of aryl methyl sites for hydroxylation is 1. The fourth-order valence-corrected chi connectivity index (χ4v) is 4.60. The van der Waals surface area contributed by atoms with Gasteiger partial charge in [0, 0.05) is 23.9 Å². The Morgan fingerprint density at radius 2 is 1.94 bits per heavy atom. The van der Waals surface area contributed by atoms with Crippen molar-refractivity contribution in [1.29, 1.82) is 0 Å². The molecule has 0 saturated carbocycles. The first kappa shape index (κ1) is 21.3. The molecule has 0 aliphatic rings. The molecule has 0 saturated heterocycles. The Labute approximate surface area is 196 Å². The van der Waals surface area contributed by atoms with Crippen LogP contribution in [0, 0.1) is 12.7 Å². The molecular weight excluding hydrogens is 465 g/mol. The van der Waals surface area contributed by atoms with Gasteiger partial charge in [-0.25, -0.2) is 8.91 Å². The fourth-order valence-electron chi connectivity index (χ4n) is 3.52. The Balaban J connectivity index is 1.32. The molecule has 1 amide bonds. The number of benzene rings is 2. The Bertz CT molecular complexity index is 1470. The molecule has 0 atom stereocenters. The summed E-state index contributed by atoms with van der Waals surface area (Å²) in [5, 5.41) is 13.8. The number of aromatic nitrogens is 4. The van der Waals surface area contributed by atoms with Crippen LogP contribution in [0.5, 0.6) is 0 Å². The van der Waals surface area contributed by atoms with Gasteiger partial charge in [0.25, 0.3) is 5.91 Å². The zero-order valence-electron chi connectivity index (χ0n) is 17.4. The molecule has 166 valence electrons. The number of hydrogen-bond acceptors (Lipinski definition) is 6. The van der Waals surface area contributed by atoms with E-state index in [1.165, 1.54) is 17.4 Å². The highest BCUT2D eigenvalue weighted by atomic mass is 35.5. The maximum Gasteiger partial charge on any atom is 0.257 e. The lowest BCUT2D eigenvalue weighted by atomic mass is 10.1. The van der Waals surface area contributed by atoms with E-state index >= 15 is 0 Å². The number of nitrogens with one attached hydrogen (secondary N) is 1. The molecule has 7 nitrogen and oxygen atoms in total. The van der Waals surface area contributed by atoms with Crippen molar-refractivity contribution in [3.8, 4) is 22.6 Å². The van der Waals surface area contributed by atoms with Crippen LogP contribution in [-0.2, 0) is 6.42 Å². The quantitative estimate of drug-likeness (QED) is 0.361. The van der Waals surface area contributed by atoms with Crippen LogP contribution in [0.2, 0.25) is 5.02 Å². The van der Waals surface area contributed by atoms with Gasteiger partial charge in [-0.3, -0.25) is 4.79 Å². The molecule has 0 aliphatic heterocycles. The maximum atomic E-state index is 14.1. The van der Waals surface area contributed by atoms with Crippen LogP contribution < -0.4 is 5.32 Å². The number of nitrogens with zero attached hydrogens (tertiary/aromatic N) is 4. The monoisotopic (exact) mass is 481 g/mol. The Kier molecular flexibility index (Phi) is 5.65. The van der Waals surface area contributed by atoms with Gasteiger partial charge in [0.15, 0.2) is 5.82 Å². The maximum absolute atomic E-state index is 14.1. The number of halogens is 2. The van der Waals surface area contributed by atoms with E-state index in [1.807, 2.05) is 17.5 Å². The molecule has 0 spiro atoms. The van der Waals surface area contributed by atoms with E-state index in [-0.39, 0.29) is 11.7 Å². The number of carbonyl (C=O) groups excluding carboxylic acids is 1. The van der Waals surface area contributed by atoms with Crippen molar-refractivity contribution in [2.75, 3.05) is 6.54 Å². The van der Waals surface area contributed by atoms with E-state index in [2.05, 4.69) is 20.6 Å². The van der Waals surface area contributed by atoms with Crippen LogP contribution in [0.3, 0.4) is 0 Å². The number of amides is 1. The molecule has 5 aromatic rings. The number of hydrogen-bond donors (Lipinski definition) is 1. The summed E-state index contributed by atoms with van der Waals surface area (Å²) < 4.78 is 21.0. The normalized spacial score (nSPS) is 11.2. The highest BCUT2D eigenvalue weighted by Gasteiger charge is 2.23. The van der Waals surface area contributed by atoms with Crippen molar-refractivity contribution >= 4 is 33.8 Å². The van der Waals surface area contributed by atoms with Gasteiger partial charge < -0.3 is 9.84 Å². The molecule has 33 heavy (non-hydrogen) atoms. The van der Waals surface area contributed by atoms with E-state index in [9.17, 15) is 9.18 Å². The molecular formula is C23H17ClFN5O2S. The molecule has 3 heterocycles. The van der Waals surface area contributed by atoms with Gasteiger partial charge in [0.1, 0.15) is 22.8 Å². The van der Waals surface area contributed by atoms with Gasteiger partial charge in [-0.2, -0.15) is 4.98 Å². The molecule has 0 radical (unpaired) electrons. The van der Waals surface area contributed by atoms with Crippen molar-refractivity contribution in [3.05, 3.63) is 81.8 Å². The summed E-state index contributed by atoms with van der Waals surface area (Å²) in [5.41, 5.74) is 2.59. The number of fused-ring (bicyclic) bond motifs is 1. The zero-order chi connectivity index (χ0) is 22.9. The summed E-state index contributed by atoms with van der Waals surface area (Å²) in [6.45, 7) is 2.04. The van der Waals surface area contributed by atoms with Crippen LogP contribution in [0.25, 0.3) is 27.6 Å². The first-order valence-corrected chi connectivity index (χ1v) is 11.4. The molecule has 2 aromatic carbocycles. The van der Waals surface area contributed by atoms with Crippen molar-refractivity contribution in [2.24, 2.45) is 0 Å². The summed E-state index contributed by atoms with van der Waals surface area (Å²) in [7, 11) is 0. The van der Waals surface area contributed by atoms with Crippen LogP contribution >= 0.6 is 22.9 Å². The number of rotatable bonds is 6. The first-order valence-electron chi connectivity index (χ1n) is 10.1. The van der Waals surface area contributed by atoms with E-state index in [1.54, 1.807) is 41.8 Å². The van der Waals surface area contributed by atoms with Gasteiger partial charge in [-0.15, -0.1) is 16.4 Å². The van der Waals surface area contributed by atoms with E-state index in [4.69, 9.17) is 16.1 Å². The minimum Gasteiger partial charge on any atom is -0.360 e. The second-order valence-corrected chi connectivity index (χ2v) is 8.53. The molecule has 0 bridgehead atoms. The molecule has 0 aliphatic carbocycles. The van der Waals surface area contributed by atoms with Gasteiger partial charge in [-0.1, -0.05) is 47.1 Å². The highest BCUT2D eigenvalue weighted by Crippen LogP contribution is 2.31. The average Bonchev–Trinajstić information content (AvgIpc) is 3.49. The molecule has 10 heteroatoms. The third-order valence-electron chi connectivity index (χ3n) is 5.15. The van der Waals surface area contributed by atoms with Gasteiger partial charge in [0.05, 0.1) is 16.3 Å². The van der Waals surface area contributed by atoms with E-state index in [0.29, 0.717) is 56.9 Å². The first-order chi connectivity index (χ1) is 16.0. The second kappa shape index (κ2) is 8.76. The second-order valence-electron chi connectivity index (χ2n) is 7.28. The standard InChI is InChI=1S/C23H17ClFN5O2S/c1-13-19(20(29-32-13)15-6-2-4-8-17(15)24)22(31)26-11-10-14-12-33-23-27-21(28-30(14)23)16-7-3-5-9-18(16)25/h2-9,12H,10-11H2,1H3,(H,26,31). The SMILES string of the molecule is Cc1onc(-c2ccccc2Cl)c1C(=O)NCCc1csc2nc(-c3ccccc3F)nn12. The predicted molar refractivity (Wildman–Crippen MR) is 124 cm³/mol. The Hall–Kier alpha value is -3.56. The van der Waals surface area contributed by atoms with Crippen LogP contribution in [0.15, 0.2) is 58.4 Å². The topological polar surface area (TPSA) is 85.3 Å². The van der Waals surface area contributed by atoms with Crippen LogP contribution in [0.4, 0.5) is 4.39 Å². The van der Waals surface area contributed by atoms with Crippen molar-refractivity contribution < 1.29 is 13.7 Å². The Morgan fingerprint density at radius 1 is 1.18 bits per heavy atom. The third kappa shape index (κ3) is 4.01. The summed E-state index contributed by atoms with van der Waals surface area (Å²) in [6.07, 6.45) is 0.511. The lowest BCUT2D eigenvalue weighted by molar-refractivity contribution is 0.0953. The highest BCUT2D eigenvalue weighted by molar-refractivity contribution is 7.15. The summed E-state index contributed by atoms with van der Waals surface area (Å²) in [5.74, 6) is 0.0598. The number of carbonyl (C=O) groups is 1.